The third-order valence-corrected chi connectivity index (χ3v) is 2.77. The van der Waals surface area contributed by atoms with Crippen LogP contribution in [0.25, 0.3) is 0 Å². The van der Waals surface area contributed by atoms with Crippen LogP contribution in [-0.4, -0.2) is 6.36 Å². The maximum absolute atomic E-state index is 12.1. The Labute approximate surface area is 121 Å². The van der Waals surface area contributed by atoms with Crippen LogP contribution in [0.1, 0.15) is 32.4 Å². The second-order valence-corrected chi connectivity index (χ2v) is 5.49. The molecule has 0 unspecified atom stereocenters. The molecule has 7 heteroatoms. The summed E-state index contributed by atoms with van der Waals surface area (Å²) in [5, 5.41) is -0.107. The number of alkyl halides is 3. The first-order valence-electron chi connectivity index (χ1n) is 5.31. The highest BCUT2D eigenvalue weighted by Gasteiger charge is 2.32. The van der Waals surface area contributed by atoms with Crippen LogP contribution in [0.3, 0.4) is 0 Å². The van der Waals surface area contributed by atoms with Crippen molar-refractivity contribution in [2.75, 3.05) is 0 Å². The molecular formula is C12H16Cl2F3NO. The van der Waals surface area contributed by atoms with E-state index in [9.17, 15) is 13.2 Å². The maximum atomic E-state index is 12.1. The van der Waals surface area contributed by atoms with Crippen molar-refractivity contribution in [2.45, 2.75) is 33.2 Å². The Bertz CT molecular complexity index is 430. The van der Waals surface area contributed by atoms with Gasteiger partial charge in [-0.2, -0.15) is 0 Å². The summed E-state index contributed by atoms with van der Waals surface area (Å²) in [5.41, 5.74) is 6.45. The van der Waals surface area contributed by atoms with Crippen LogP contribution in [0.2, 0.25) is 5.02 Å². The minimum Gasteiger partial charge on any atom is -0.404 e. The standard InChI is InChI=1S/C12H15ClF3NO.ClH/c1-11(2,3)10(17)7-4-5-9(8(13)6-7)18-12(14,15)16;/h4-6,10H,17H2,1-3H3;1H/t10-;/m1./s1. The summed E-state index contributed by atoms with van der Waals surface area (Å²) in [6.07, 6.45) is -4.75. The molecule has 0 spiro atoms. The van der Waals surface area contributed by atoms with E-state index in [1.165, 1.54) is 18.2 Å². The highest BCUT2D eigenvalue weighted by atomic mass is 35.5. The normalized spacial score (nSPS) is 13.7. The third-order valence-electron chi connectivity index (χ3n) is 2.47. The molecule has 1 rings (SSSR count). The van der Waals surface area contributed by atoms with E-state index < -0.39 is 12.1 Å². The number of benzene rings is 1. The average molecular weight is 318 g/mol. The molecule has 0 amide bonds. The maximum Gasteiger partial charge on any atom is 0.573 e. The van der Waals surface area contributed by atoms with Crippen molar-refractivity contribution >= 4 is 24.0 Å². The summed E-state index contributed by atoms with van der Waals surface area (Å²) in [7, 11) is 0. The summed E-state index contributed by atoms with van der Waals surface area (Å²) in [5.74, 6) is -0.422. The molecule has 1 atom stereocenters. The minimum atomic E-state index is -4.75. The van der Waals surface area contributed by atoms with Gasteiger partial charge in [0.2, 0.25) is 0 Å². The van der Waals surface area contributed by atoms with Gasteiger partial charge in [-0.05, 0) is 23.1 Å². The number of nitrogens with two attached hydrogens (primary N) is 1. The van der Waals surface area contributed by atoms with Gasteiger partial charge in [0.1, 0.15) is 5.75 Å². The lowest BCUT2D eigenvalue weighted by Crippen LogP contribution is -2.26. The Morgan fingerprint density at radius 2 is 1.74 bits per heavy atom. The lowest BCUT2D eigenvalue weighted by molar-refractivity contribution is -0.274. The molecule has 0 aromatic heterocycles. The van der Waals surface area contributed by atoms with Crippen LogP contribution >= 0.6 is 24.0 Å². The molecule has 0 fully saturated rings. The number of hydrogen-bond donors (Lipinski definition) is 1. The van der Waals surface area contributed by atoms with E-state index in [0.717, 1.165) is 0 Å². The van der Waals surface area contributed by atoms with Crippen molar-refractivity contribution in [3.05, 3.63) is 28.8 Å². The highest BCUT2D eigenvalue weighted by molar-refractivity contribution is 6.32. The SMILES string of the molecule is CC(C)(C)[C@H](N)c1ccc(OC(F)(F)F)c(Cl)c1.Cl. The van der Waals surface area contributed by atoms with E-state index in [0.29, 0.717) is 5.56 Å². The fourth-order valence-corrected chi connectivity index (χ4v) is 1.65. The smallest absolute Gasteiger partial charge is 0.404 e. The number of halogens is 5. The van der Waals surface area contributed by atoms with Crippen molar-refractivity contribution < 1.29 is 17.9 Å². The molecule has 19 heavy (non-hydrogen) atoms. The fraction of sp³-hybridized carbons (Fsp3) is 0.500. The largest absolute Gasteiger partial charge is 0.573 e. The number of rotatable bonds is 2. The summed E-state index contributed by atoms with van der Waals surface area (Å²) < 4.78 is 40.0. The van der Waals surface area contributed by atoms with Crippen molar-refractivity contribution in [1.82, 2.24) is 0 Å². The van der Waals surface area contributed by atoms with Gasteiger partial charge < -0.3 is 10.5 Å². The van der Waals surface area contributed by atoms with Gasteiger partial charge in [0.15, 0.2) is 0 Å². The first kappa shape index (κ1) is 18.4. The Hall–Kier alpha value is -0.650. The van der Waals surface area contributed by atoms with Gasteiger partial charge in [-0.15, -0.1) is 25.6 Å². The van der Waals surface area contributed by atoms with Crippen LogP contribution < -0.4 is 10.5 Å². The van der Waals surface area contributed by atoms with E-state index >= 15 is 0 Å². The van der Waals surface area contributed by atoms with E-state index in [1.807, 2.05) is 20.8 Å². The predicted molar refractivity (Wildman–Crippen MR) is 71.8 cm³/mol. The Morgan fingerprint density at radius 3 is 2.11 bits per heavy atom. The molecule has 1 aromatic carbocycles. The molecule has 0 aliphatic carbocycles. The molecule has 0 saturated heterocycles. The van der Waals surface area contributed by atoms with Gasteiger partial charge in [0.05, 0.1) is 5.02 Å². The lowest BCUT2D eigenvalue weighted by Gasteiger charge is -2.27. The highest BCUT2D eigenvalue weighted by Crippen LogP contribution is 2.36. The predicted octanol–water partition coefficient (Wildman–Crippen LogP) is 4.71. The fourth-order valence-electron chi connectivity index (χ4n) is 1.42. The molecule has 0 saturated carbocycles. The molecule has 2 nitrogen and oxygen atoms in total. The van der Waals surface area contributed by atoms with Gasteiger partial charge in [-0.1, -0.05) is 38.4 Å². The number of ether oxygens (including phenoxy) is 1. The Kier molecular flexibility index (Phi) is 5.99. The average Bonchev–Trinajstić information content (AvgIpc) is 2.16. The molecule has 0 aliphatic rings. The third kappa shape index (κ3) is 5.47. The van der Waals surface area contributed by atoms with Gasteiger partial charge in [0, 0.05) is 6.04 Å². The van der Waals surface area contributed by atoms with Gasteiger partial charge in [-0.25, -0.2) is 0 Å². The summed E-state index contributed by atoms with van der Waals surface area (Å²) in [6.45, 7) is 5.81. The monoisotopic (exact) mass is 317 g/mol. The van der Waals surface area contributed by atoms with E-state index in [1.54, 1.807) is 0 Å². The van der Waals surface area contributed by atoms with Gasteiger partial charge in [-0.3, -0.25) is 0 Å². The quantitative estimate of drug-likeness (QED) is 0.857. The Morgan fingerprint density at radius 1 is 1.21 bits per heavy atom. The van der Waals surface area contributed by atoms with Crippen molar-refractivity contribution in [2.24, 2.45) is 11.1 Å². The topological polar surface area (TPSA) is 35.2 Å². The molecule has 2 N–H and O–H groups in total. The summed E-state index contributed by atoms with van der Waals surface area (Å²) >= 11 is 5.75. The summed E-state index contributed by atoms with van der Waals surface area (Å²) in [6, 6.07) is 3.74. The first-order chi connectivity index (χ1) is 8.00. The van der Waals surface area contributed by atoms with E-state index in [4.69, 9.17) is 17.3 Å². The second-order valence-electron chi connectivity index (χ2n) is 5.08. The molecule has 0 radical (unpaired) electrons. The molecule has 110 valence electrons. The molecule has 1 aromatic rings. The van der Waals surface area contributed by atoms with Crippen molar-refractivity contribution in [3.63, 3.8) is 0 Å². The lowest BCUT2D eigenvalue weighted by atomic mass is 9.83. The molecule has 0 aliphatic heterocycles. The zero-order chi connectivity index (χ0) is 14.1. The van der Waals surface area contributed by atoms with Gasteiger partial charge >= 0.3 is 6.36 Å². The first-order valence-corrected chi connectivity index (χ1v) is 5.69. The van der Waals surface area contributed by atoms with Crippen LogP contribution in [0, 0.1) is 5.41 Å². The van der Waals surface area contributed by atoms with Crippen molar-refractivity contribution in [1.29, 1.82) is 0 Å². The summed E-state index contributed by atoms with van der Waals surface area (Å²) in [4.78, 5) is 0. The van der Waals surface area contributed by atoms with E-state index in [2.05, 4.69) is 4.74 Å². The van der Waals surface area contributed by atoms with Gasteiger partial charge in [0.25, 0.3) is 0 Å². The van der Waals surface area contributed by atoms with Crippen LogP contribution in [0.5, 0.6) is 5.75 Å². The van der Waals surface area contributed by atoms with Crippen LogP contribution in [-0.2, 0) is 0 Å². The Balaban J connectivity index is 0.00000324. The zero-order valence-electron chi connectivity index (χ0n) is 10.7. The molecular weight excluding hydrogens is 302 g/mol. The minimum absolute atomic E-state index is 0. The molecule has 0 bridgehead atoms. The van der Waals surface area contributed by atoms with Crippen LogP contribution in [0.15, 0.2) is 18.2 Å². The zero-order valence-corrected chi connectivity index (χ0v) is 12.3. The van der Waals surface area contributed by atoms with Crippen molar-refractivity contribution in [3.8, 4) is 5.75 Å². The van der Waals surface area contributed by atoms with E-state index in [-0.39, 0.29) is 28.9 Å². The second kappa shape index (κ2) is 6.20. The molecule has 0 heterocycles. The van der Waals surface area contributed by atoms with Crippen LogP contribution in [0.4, 0.5) is 13.2 Å². The number of hydrogen-bond acceptors (Lipinski definition) is 2.